The Balaban J connectivity index is 0.00000160. The predicted molar refractivity (Wildman–Crippen MR) is 125 cm³/mol. The number of carbonyl (C=O) groups excluding carboxylic acids is 2. The third-order valence-corrected chi connectivity index (χ3v) is 10.5. The number of ether oxygens (including phenoxy) is 2. The van der Waals surface area contributed by atoms with Crippen LogP contribution in [0.25, 0.3) is 0 Å². The van der Waals surface area contributed by atoms with Gasteiger partial charge < -0.3 is 45.6 Å². The number of ketones is 1. The summed E-state index contributed by atoms with van der Waals surface area (Å²) in [6.07, 6.45) is -1.51. The Bertz CT molecular complexity index is 883. The second-order valence-corrected chi connectivity index (χ2v) is 11.9. The van der Waals surface area contributed by atoms with Crippen molar-refractivity contribution in [1.29, 1.82) is 0 Å². The van der Waals surface area contributed by atoms with Gasteiger partial charge in [-0.1, -0.05) is 26.0 Å². The SMILES string of the molecule is C=C1C[C@@H](O[C@@H]2OC(C(=O)[O-])[C@@H](O)[C@@H](O)C2O)C[C@@H]2CCC3C4CCC(=O)[C@@]4(C)CCC3[C@@]12C.O.O.[Na+]. The third-order valence-electron chi connectivity index (χ3n) is 10.5. The van der Waals surface area contributed by atoms with Crippen molar-refractivity contribution < 1.29 is 80.0 Å². The number of aliphatic carboxylic acids is 1. The second kappa shape index (κ2) is 11.6. The molecule has 0 amide bonds. The maximum absolute atomic E-state index is 12.7. The molecule has 37 heavy (non-hydrogen) atoms. The number of rotatable bonds is 3. The first-order valence-electron chi connectivity index (χ1n) is 12.8. The molecule has 1 saturated heterocycles. The Hall–Kier alpha value is -0.400. The van der Waals surface area contributed by atoms with Gasteiger partial charge in [0.25, 0.3) is 0 Å². The van der Waals surface area contributed by atoms with Gasteiger partial charge >= 0.3 is 29.6 Å². The van der Waals surface area contributed by atoms with Crippen LogP contribution >= 0.6 is 0 Å². The van der Waals surface area contributed by atoms with Crippen molar-refractivity contribution in [2.75, 3.05) is 0 Å². The standard InChI is InChI=1S/C26H38O8.Na.2H2O/c1-12-10-14(33-24-21(30)19(28)20(29)22(34-24)23(31)32)11-13-4-5-15-16-6-7-18(27)25(16,2)9-8-17(15)26(12,13)3;;;/h13-17,19-22,24,28-30H,1,4-11H2,2-3H3,(H,31,32);;2*1H2/q;+1;;/p-1/t13-,14+,15?,16?,17?,19+,20-,21?,22?,24+,25-,26-;;;/m0.../s1. The Labute approximate surface area is 239 Å². The maximum atomic E-state index is 12.7. The molecule has 0 aromatic rings. The average molecular weight is 537 g/mol. The van der Waals surface area contributed by atoms with Crippen molar-refractivity contribution >= 4 is 11.8 Å². The molecule has 0 aromatic carbocycles. The van der Waals surface area contributed by atoms with Gasteiger partial charge in [0.1, 0.15) is 30.2 Å². The van der Waals surface area contributed by atoms with Crippen LogP contribution in [0.4, 0.5) is 0 Å². The van der Waals surface area contributed by atoms with E-state index in [0.717, 1.165) is 44.1 Å². The van der Waals surface area contributed by atoms with Crippen LogP contribution in [0.2, 0.25) is 0 Å². The first-order valence-corrected chi connectivity index (χ1v) is 12.8. The van der Waals surface area contributed by atoms with E-state index in [9.17, 15) is 30.0 Å². The molecule has 5 unspecified atom stereocenters. The van der Waals surface area contributed by atoms with Crippen LogP contribution in [-0.4, -0.2) is 74.8 Å². The molecule has 0 bridgehead atoms. The largest absolute Gasteiger partial charge is 1.00 e. The van der Waals surface area contributed by atoms with Crippen LogP contribution in [0.1, 0.15) is 65.2 Å². The van der Waals surface area contributed by atoms with E-state index in [1.54, 1.807) is 0 Å². The van der Waals surface area contributed by atoms with Gasteiger partial charge in [0, 0.05) is 11.8 Å². The number of hydrogen-bond donors (Lipinski definition) is 3. The molecule has 10 nitrogen and oxygen atoms in total. The summed E-state index contributed by atoms with van der Waals surface area (Å²) in [7, 11) is 0. The molecule has 12 atom stereocenters. The van der Waals surface area contributed by atoms with Gasteiger partial charge in [-0.2, -0.15) is 0 Å². The van der Waals surface area contributed by atoms with Gasteiger partial charge in [-0.05, 0) is 74.0 Å². The minimum absolute atomic E-state index is 0. The molecule has 0 radical (unpaired) electrons. The van der Waals surface area contributed by atoms with Crippen molar-refractivity contribution in [2.24, 2.45) is 34.5 Å². The summed E-state index contributed by atoms with van der Waals surface area (Å²) in [4.78, 5) is 24.0. The van der Waals surface area contributed by atoms with E-state index in [2.05, 4.69) is 20.4 Å². The quantitative estimate of drug-likeness (QED) is 0.184. The summed E-state index contributed by atoms with van der Waals surface area (Å²) in [6, 6.07) is 0. The van der Waals surface area contributed by atoms with Gasteiger partial charge in [-0.25, -0.2) is 0 Å². The molecule has 1 aliphatic heterocycles. The van der Waals surface area contributed by atoms with Crippen molar-refractivity contribution in [1.82, 2.24) is 0 Å². The number of carbonyl (C=O) groups is 2. The molecule has 0 spiro atoms. The number of Topliss-reactive ketones (excluding diaryl/α,β-unsaturated/α-hetero) is 1. The smallest absolute Gasteiger partial charge is 0.547 e. The van der Waals surface area contributed by atoms with E-state index in [1.807, 2.05) is 0 Å². The van der Waals surface area contributed by atoms with Gasteiger partial charge in [0.2, 0.25) is 0 Å². The van der Waals surface area contributed by atoms with Crippen LogP contribution in [-0.2, 0) is 19.1 Å². The molecule has 5 aliphatic rings. The van der Waals surface area contributed by atoms with Crippen LogP contribution in [0.5, 0.6) is 0 Å². The second-order valence-electron chi connectivity index (χ2n) is 11.9. The molecule has 5 rings (SSSR count). The minimum Gasteiger partial charge on any atom is -0.547 e. The molecule has 4 aliphatic carbocycles. The van der Waals surface area contributed by atoms with E-state index in [4.69, 9.17) is 9.47 Å². The summed E-state index contributed by atoms with van der Waals surface area (Å²) in [5.74, 6) is 0.575. The number of aliphatic hydroxyl groups excluding tert-OH is 3. The average Bonchev–Trinajstić information content (AvgIpc) is 3.09. The summed E-state index contributed by atoms with van der Waals surface area (Å²) >= 11 is 0. The first-order chi connectivity index (χ1) is 16.0. The number of aliphatic hydroxyl groups is 3. The Morgan fingerprint density at radius 2 is 1.73 bits per heavy atom. The van der Waals surface area contributed by atoms with Crippen LogP contribution < -0.4 is 34.7 Å². The minimum atomic E-state index is -1.79. The van der Waals surface area contributed by atoms with Crippen molar-refractivity contribution in [3.05, 3.63) is 12.2 Å². The summed E-state index contributed by atoms with van der Waals surface area (Å²) in [5, 5.41) is 41.7. The summed E-state index contributed by atoms with van der Waals surface area (Å²) in [6.45, 7) is 8.97. The number of carboxylic acid groups (broad SMARTS) is 1. The van der Waals surface area contributed by atoms with E-state index >= 15 is 0 Å². The van der Waals surface area contributed by atoms with Crippen LogP contribution in [0.15, 0.2) is 12.2 Å². The van der Waals surface area contributed by atoms with E-state index < -0.39 is 36.7 Å². The molecule has 206 valence electrons. The Morgan fingerprint density at radius 3 is 2.38 bits per heavy atom. The first kappa shape index (κ1) is 32.8. The zero-order chi connectivity index (χ0) is 24.6. The monoisotopic (exact) mass is 536 g/mol. The number of hydrogen-bond acceptors (Lipinski definition) is 8. The van der Waals surface area contributed by atoms with Crippen molar-refractivity contribution in [2.45, 2.75) is 102 Å². The van der Waals surface area contributed by atoms with E-state index in [0.29, 0.717) is 42.3 Å². The summed E-state index contributed by atoms with van der Waals surface area (Å²) < 4.78 is 11.3. The van der Waals surface area contributed by atoms with Crippen LogP contribution in [0, 0.1) is 34.5 Å². The molecule has 1 heterocycles. The van der Waals surface area contributed by atoms with Crippen LogP contribution in [0.3, 0.4) is 0 Å². The molecular weight excluding hydrogens is 495 g/mol. The summed E-state index contributed by atoms with van der Waals surface area (Å²) in [5.41, 5.74) is 0.880. The fourth-order valence-corrected chi connectivity index (χ4v) is 8.46. The molecule has 11 heteroatoms. The molecule has 7 N–H and O–H groups in total. The molecule has 4 saturated carbocycles. The van der Waals surface area contributed by atoms with Gasteiger partial charge in [0.15, 0.2) is 6.29 Å². The Kier molecular flexibility index (Phi) is 10.3. The topological polar surface area (TPSA) is 199 Å². The van der Waals surface area contributed by atoms with Crippen molar-refractivity contribution in [3.8, 4) is 0 Å². The molecule has 0 aromatic heterocycles. The molecular formula is C26H41NaO10. The zero-order valence-corrected chi connectivity index (χ0v) is 24.0. The number of fused-ring (bicyclic) bond motifs is 5. The fourth-order valence-electron chi connectivity index (χ4n) is 8.46. The molecule has 5 fully saturated rings. The maximum Gasteiger partial charge on any atom is 1.00 e. The fraction of sp³-hybridized carbons (Fsp3) is 0.846. The predicted octanol–water partition coefficient (Wildman–Crippen LogP) is -3.94. The van der Waals surface area contributed by atoms with Crippen molar-refractivity contribution in [3.63, 3.8) is 0 Å². The van der Waals surface area contributed by atoms with Gasteiger partial charge in [0.05, 0.1) is 12.1 Å². The number of carboxylic acids is 1. The third kappa shape index (κ3) is 5.01. The Morgan fingerprint density at radius 1 is 1.05 bits per heavy atom. The normalized spacial score (nSPS) is 48.8. The van der Waals surface area contributed by atoms with Gasteiger partial charge in [-0.15, -0.1) is 0 Å². The van der Waals surface area contributed by atoms with E-state index in [-0.39, 0.29) is 57.4 Å². The van der Waals surface area contributed by atoms with E-state index in [1.165, 1.54) is 0 Å². The van der Waals surface area contributed by atoms with Gasteiger partial charge in [-0.3, -0.25) is 4.79 Å². The zero-order valence-electron chi connectivity index (χ0n) is 22.0.